The predicted octanol–water partition coefficient (Wildman–Crippen LogP) is 2.47. The first-order chi connectivity index (χ1) is 13.8. The number of sulfonamides is 1. The SMILES string of the molecule is O=S(=O)(c1cc(F)ccc1F)N1CCN(CC(O)COc2ccc(Br)cc2)CC1. The zero-order valence-corrected chi connectivity index (χ0v) is 17.9. The molecule has 1 N–H and O–H groups in total. The normalized spacial score (nSPS) is 17.2. The van der Waals surface area contributed by atoms with E-state index in [1.165, 1.54) is 0 Å². The number of rotatable bonds is 7. The molecule has 0 aromatic heterocycles. The van der Waals surface area contributed by atoms with Gasteiger partial charge in [-0.05, 0) is 42.5 Å². The number of halogens is 3. The van der Waals surface area contributed by atoms with Gasteiger partial charge < -0.3 is 9.84 Å². The molecule has 1 saturated heterocycles. The lowest BCUT2D eigenvalue weighted by atomic mass is 10.3. The molecule has 0 aliphatic carbocycles. The van der Waals surface area contributed by atoms with Crippen LogP contribution in [0.5, 0.6) is 5.75 Å². The molecule has 0 bridgehead atoms. The minimum Gasteiger partial charge on any atom is -0.491 e. The van der Waals surface area contributed by atoms with Crippen LogP contribution in [0.4, 0.5) is 8.78 Å². The van der Waals surface area contributed by atoms with E-state index >= 15 is 0 Å². The van der Waals surface area contributed by atoms with E-state index < -0.39 is 32.7 Å². The van der Waals surface area contributed by atoms with Crippen molar-refractivity contribution in [1.82, 2.24) is 9.21 Å². The Kier molecular flexibility index (Phi) is 7.23. The largest absolute Gasteiger partial charge is 0.491 e. The molecule has 0 radical (unpaired) electrons. The Balaban J connectivity index is 1.50. The van der Waals surface area contributed by atoms with Gasteiger partial charge >= 0.3 is 0 Å². The number of benzene rings is 2. The number of β-amino-alcohol motifs (C(OH)–C–C–N with tert-alkyl or cyclic N) is 1. The molecule has 1 heterocycles. The Labute approximate surface area is 176 Å². The minimum atomic E-state index is -4.12. The molecule has 1 aliphatic rings. The fraction of sp³-hybridized carbons (Fsp3) is 0.368. The standard InChI is InChI=1S/C19H21BrF2N2O4S/c20-14-1-4-17(5-2-14)28-13-16(25)12-23-7-9-24(10-8-23)29(26,27)19-11-15(21)3-6-18(19)22/h1-6,11,16,25H,7-10,12-13H2. The average molecular weight is 491 g/mol. The fourth-order valence-electron chi connectivity index (χ4n) is 3.04. The van der Waals surface area contributed by atoms with Crippen molar-refractivity contribution >= 4 is 26.0 Å². The highest BCUT2D eigenvalue weighted by atomic mass is 79.9. The number of nitrogens with zero attached hydrogens (tertiary/aromatic N) is 2. The Hall–Kier alpha value is -1.59. The monoisotopic (exact) mass is 490 g/mol. The smallest absolute Gasteiger partial charge is 0.246 e. The first-order valence-corrected chi connectivity index (χ1v) is 11.2. The summed E-state index contributed by atoms with van der Waals surface area (Å²) in [6.45, 7) is 1.40. The maximum absolute atomic E-state index is 13.9. The summed E-state index contributed by atoms with van der Waals surface area (Å²) < 4.78 is 60.0. The highest BCUT2D eigenvalue weighted by molar-refractivity contribution is 9.10. The maximum Gasteiger partial charge on any atom is 0.246 e. The highest BCUT2D eigenvalue weighted by Crippen LogP contribution is 2.22. The summed E-state index contributed by atoms with van der Waals surface area (Å²) in [5.41, 5.74) is 0. The molecule has 2 aromatic rings. The Bertz CT molecular complexity index is 936. The van der Waals surface area contributed by atoms with E-state index in [-0.39, 0.29) is 19.7 Å². The summed E-state index contributed by atoms with van der Waals surface area (Å²) in [7, 11) is -4.12. The third-order valence-electron chi connectivity index (χ3n) is 4.57. The third kappa shape index (κ3) is 5.73. The topological polar surface area (TPSA) is 70.1 Å². The van der Waals surface area contributed by atoms with Crippen LogP contribution < -0.4 is 4.74 Å². The van der Waals surface area contributed by atoms with Crippen molar-refractivity contribution in [2.75, 3.05) is 39.3 Å². The number of hydrogen-bond donors (Lipinski definition) is 1. The molecular weight excluding hydrogens is 470 g/mol. The molecule has 10 heteroatoms. The summed E-state index contributed by atoms with van der Waals surface area (Å²) >= 11 is 3.33. The number of ether oxygens (including phenoxy) is 1. The molecule has 0 saturated carbocycles. The van der Waals surface area contributed by atoms with Crippen LogP contribution in [-0.2, 0) is 10.0 Å². The van der Waals surface area contributed by atoms with Crippen LogP contribution in [0.1, 0.15) is 0 Å². The summed E-state index contributed by atoms with van der Waals surface area (Å²) in [5, 5.41) is 10.2. The van der Waals surface area contributed by atoms with Crippen molar-refractivity contribution in [3.8, 4) is 5.75 Å². The molecule has 6 nitrogen and oxygen atoms in total. The second-order valence-corrected chi connectivity index (χ2v) is 9.52. The summed E-state index contributed by atoms with van der Waals surface area (Å²) in [5.74, 6) is -1.15. The number of piperazine rings is 1. The number of aliphatic hydroxyl groups is 1. The molecular formula is C19H21BrF2N2O4S. The van der Waals surface area contributed by atoms with Crippen molar-refractivity contribution in [2.45, 2.75) is 11.0 Å². The Morgan fingerprint density at radius 1 is 1.07 bits per heavy atom. The van der Waals surface area contributed by atoms with E-state index in [2.05, 4.69) is 15.9 Å². The van der Waals surface area contributed by atoms with E-state index in [0.29, 0.717) is 31.5 Å². The van der Waals surface area contributed by atoms with Gasteiger partial charge in [0.1, 0.15) is 35.0 Å². The molecule has 0 spiro atoms. The van der Waals surface area contributed by atoms with Gasteiger partial charge in [0.15, 0.2) is 0 Å². The molecule has 2 aromatic carbocycles. The van der Waals surface area contributed by atoms with E-state index in [0.717, 1.165) is 20.9 Å². The Morgan fingerprint density at radius 2 is 1.72 bits per heavy atom. The lowest BCUT2D eigenvalue weighted by molar-refractivity contribution is 0.0569. The summed E-state index contributed by atoms with van der Waals surface area (Å²) in [6.07, 6.45) is -0.748. The Morgan fingerprint density at radius 3 is 2.38 bits per heavy atom. The quantitative estimate of drug-likeness (QED) is 0.645. The van der Waals surface area contributed by atoms with Crippen LogP contribution in [0.25, 0.3) is 0 Å². The molecule has 29 heavy (non-hydrogen) atoms. The molecule has 1 aliphatic heterocycles. The first kappa shape index (κ1) is 22.1. The van der Waals surface area contributed by atoms with Crippen molar-refractivity contribution in [3.05, 3.63) is 58.6 Å². The molecule has 1 atom stereocenters. The van der Waals surface area contributed by atoms with Crippen LogP contribution in [0.2, 0.25) is 0 Å². The van der Waals surface area contributed by atoms with Gasteiger partial charge in [-0.25, -0.2) is 17.2 Å². The third-order valence-corrected chi connectivity index (χ3v) is 7.01. The highest BCUT2D eigenvalue weighted by Gasteiger charge is 2.31. The maximum atomic E-state index is 13.9. The van der Waals surface area contributed by atoms with E-state index in [1.54, 1.807) is 12.1 Å². The summed E-state index contributed by atoms with van der Waals surface area (Å²) in [6, 6.07) is 9.62. The van der Waals surface area contributed by atoms with Crippen LogP contribution >= 0.6 is 15.9 Å². The van der Waals surface area contributed by atoms with Crippen LogP contribution in [0, 0.1) is 11.6 Å². The summed E-state index contributed by atoms with van der Waals surface area (Å²) in [4.78, 5) is 1.25. The van der Waals surface area contributed by atoms with Crippen LogP contribution in [0.3, 0.4) is 0 Å². The number of aliphatic hydroxyl groups excluding tert-OH is 1. The van der Waals surface area contributed by atoms with Crippen LogP contribution in [0.15, 0.2) is 51.8 Å². The second kappa shape index (κ2) is 9.48. The zero-order chi connectivity index (χ0) is 21.0. The minimum absolute atomic E-state index is 0.106. The molecule has 1 fully saturated rings. The van der Waals surface area contributed by atoms with Gasteiger partial charge in [-0.3, -0.25) is 4.90 Å². The van der Waals surface area contributed by atoms with Gasteiger partial charge in [0.05, 0.1) is 0 Å². The molecule has 3 rings (SSSR count). The van der Waals surface area contributed by atoms with Crippen molar-refractivity contribution in [2.24, 2.45) is 0 Å². The van der Waals surface area contributed by atoms with E-state index in [9.17, 15) is 22.3 Å². The predicted molar refractivity (Wildman–Crippen MR) is 107 cm³/mol. The van der Waals surface area contributed by atoms with Gasteiger partial charge in [0.2, 0.25) is 10.0 Å². The van der Waals surface area contributed by atoms with E-state index in [1.807, 2.05) is 17.0 Å². The fourth-order valence-corrected chi connectivity index (χ4v) is 4.80. The van der Waals surface area contributed by atoms with Crippen LogP contribution in [-0.4, -0.2) is 68.2 Å². The lowest BCUT2D eigenvalue weighted by Crippen LogP contribution is -2.50. The zero-order valence-electron chi connectivity index (χ0n) is 15.5. The number of hydrogen-bond acceptors (Lipinski definition) is 5. The van der Waals surface area contributed by atoms with E-state index in [4.69, 9.17) is 4.74 Å². The van der Waals surface area contributed by atoms with Crippen molar-refractivity contribution < 1.29 is 27.0 Å². The van der Waals surface area contributed by atoms with Gasteiger partial charge in [-0.15, -0.1) is 0 Å². The molecule has 158 valence electrons. The lowest BCUT2D eigenvalue weighted by Gasteiger charge is -2.34. The van der Waals surface area contributed by atoms with Gasteiger partial charge in [0, 0.05) is 37.2 Å². The average Bonchev–Trinajstić information content (AvgIpc) is 2.70. The second-order valence-electron chi connectivity index (χ2n) is 6.70. The molecule has 0 amide bonds. The van der Waals surface area contributed by atoms with Crippen molar-refractivity contribution in [1.29, 1.82) is 0 Å². The van der Waals surface area contributed by atoms with Crippen molar-refractivity contribution in [3.63, 3.8) is 0 Å². The van der Waals surface area contributed by atoms with Gasteiger partial charge in [0.25, 0.3) is 0 Å². The van der Waals surface area contributed by atoms with Gasteiger partial charge in [-0.1, -0.05) is 15.9 Å². The van der Waals surface area contributed by atoms with Gasteiger partial charge in [-0.2, -0.15) is 4.31 Å². The molecule has 1 unspecified atom stereocenters. The first-order valence-electron chi connectivity index (χ1n) is 9.00.